The molecule has 0 saturated carbocycles. The topological polar surface area (TPSA) is 58.6 Å². The van der Waals surface area contributed by atoms with Crippen LogP contribution in [0.15, 0.2) is 48.5 Å². The number of benzene rings is 2. The van der Waals surface area contributed by atoms with Gasteiger partial charge in [-0.15, -0.1) is 0 Å². The first-order chi connectivity index (χ1) is 15.0. The molecule has 1 atom stereocenters. The molecule has 0 saturated heterocycles. The fraction of sp³-hybridized carbons (Fsp3) is 0.462. The zero-order chi connectivity index (χ0) is 22.6. The highest BCUT2D eigenvalue weighted by atomic mass is 16.5. The van der Waals surface area contributed by atoms with Crippen molar-refractivity contribution < 1.29 is 14.3 Å². The standard InChI is InChI=1S/C26H36N2O3/c1-5-8-16-27-26(30)24(7-3)28(18-22-11-9-10-20(4)17-22)25(29)19-31-23-14-12-21(6-2)13-15-23/h9-15,17,24H,5-8,16,18-19H2,1-4H3,(H,27,30)/t24-/m1/s1. The van der Waals surface area contributed by atoms with Gasteiger partial charge in [-0.05, 0) is 49.4 Å². The Hall–Kier alpha value is -2.82. The van der Waals surface area contributed by atoms with E-state index in [1.807, 2.05) is 62.4 Å². The molecule has 5 heteroatoms. The second-order valence-electron chi connectivity index (χ2n) is 7.87. The van der Waals surface area contributed by atoms with Gasteiger partial charge >= 0.3 is 0 Å². The Balaban J connectivity index is 2.15. The lowest BCUT2D eigenvalue weighted by Gasteiger charge is -2.30. The highest BCUT2D eigenvalue weighted by Crippen LogP contribution is 2.16. The molecule has 31 heavy (non-hydrogen) atoms. The van der Waals surface area contributed by atoms with E-state index in [1.54, 1.807) is 4.90 Å². The molecular formula is C26H36N2O3. The summed E-state index contributed by atoms with van der Waals surface area (Å²) in [5.41, 5.74) is 3.34. The zero-order valence-corrected chi connectivity index (χ0v) is 19.3. The molecule has 0 unspecified atom stereocenters. The average Bonchev–Trinajstić information content (AvgIpc) is 2.78. The summed E-state index contributed by atoms with van der Waals surface area (Å²) in [6.45, 7) is 9.03. The minimum atomic E-state index is -0.532. The predicted molar refractivity (Wildman–Crippen MR) is 125 cm³/mol. The molecule has 0 radical (unpaired) electrons. The van der Waals surface area contributed by atoms with Crippen molar-refractivity contribution >= 4 is 11.8 Å². The van der Waals surface area contributed by atoms with Crippen LogP contribution in [0.25, 0.3) is 0 Å². The van der Waals surface area contributed by atoms with Crippen LogP contribution in [-0.4, -0.2) is 35.9 Å². The number of carbonyl (C=O) groups is 2. The molecule has 2 amide bonds. The van der Waals surface area contributed by atoms with Crippen LogP contribution in [0, 0.1) is 6.92 Å². The number of rotatable bonds is 12. The molecule has 1 N–H and O–H groups in total. The van der Waals surface area contributed by atoms with Gasteiger partial charge in [0.15, 0.2) is 6.61 Å². The predicted octanol–water partition coefficient (Wildman–Crippen LogP) is 4.66. The summed E-state index contributed by atoms with van der Waals surface area (Å²) >= 11 is 0. The van der Waals surface area contributed by atoms with Gasteiger partial charge in [0.05, 0.1) is 0 Å². The van der Waals surface area contributed by atoms with Crippen molar-refractivity contribution in [3.63, 3.8) is 0 Å². The van der Waals surface area contributed by atoms with Crippen molar-refractivity contribution in [2.24, 2.45) is 0 Å². The molecule has 0 aliphatic rings. The molecule has 2 rings (SSSR count). The van der Waals surface area contributed by atoms with Crippen molar-refractivity contribution in [1.29, 1.82) is 0 Å². The van der Waals surface area contributed by atoms with E-state index in [9.17, 15) is 9.59 Å². The lowest BCUT2D eigenvalue weighted by molar-refractivity contribution is -0.143. The molecule has 2 aromatic carbocycles. The van der Waals surface area contributed by atoms with Gasteiger partial charge < -0.3 is 15.0 Å². The van der Waals surface area contributed by atoms with Gasteiger partial charge in [0.2, 0.25) is 5.91 Å². The molecule has 0 spiro atoms. The smallest absolute Gasteiger partial charge is 0.261 e. The second kappa shape index (κ2) is 12.8. The summed E-state index contributed by atoms with van der Waals surface area (Å²) in [5, 5.41) is 2.98. The highest BCUT2D eigenvalue weighted by molar-refractivity contribution is 5.88. The van der Waals surface area contributed by atoms with Gasteiger partial charge in [-0.2, -0.15) is 0 Å². The SMILES string of the molecule is CCCCNC(=O)[C@@H](CC)N(Cc1cccc(C)c1)C(=O)COc1ccc(CC)cc1. The average molecular weight is 425 g/mol. The Bertz CT molecular complexity index is 833. The third-order valence-electron chi connectivity index (χ3n) is 5.34. The number of hydrogen-bond donors (Lipinski definition) is 1. The van der Waals surface area contributed by atoms with Crippen molar-refractivity contribution in [3.05, 3.63) is 65.2 Å². The van der Waals surface area contributed by atoms with E-state index in [0.29, 0.717) is 25.3 Å². The first-order valence-corrected chi connectivity index (χ1v) is 11.3. The van der Waals surface area contributed by atoms with E-state index in [2.05, 4.69) is 19.2 Å². The number of unbranched alkanes of at least 4 members (excludes halogenated alkanes) is 1. The highest BCUT2D eigenvalue weighted by Gasteiger charge is 2.28. The summed E-state index contributed by atoms with van der Waals surface area (Å²) in [7, 11) is 0. The van der Waals surface area contributed by atoms with E-state index in [1.165, 1.54) is 5.56 Å². The molecule has 168 valence electrons. The number of carbonyl (C=O) groups excluding carboxylic acids is 2. The summed E-state index contributed by atoms with van der Waals surface area (Å²) in [6, 6.07) is 15.3. The maximum Gasteiger partial charge on any atom is 0.261 e. The minimum Gasteiger partial charge on any atom is -0.484 e. The lowest BCUT2D eigenvalue weighted by atomic mass is 10.1. The molecule has 0 aromatic heterocycles. The van der Waals surface area contributed by atoms with Crippen LogP contribution in [0.1, 0.15) is 56.7 Å². The van der Waals surface area contributed by atoms with Gasteiger partial charge in [0, 0.05) is 13.1 Å². The first-order valence-electron chi connectivity index (χ1n) is 11.3. The van der Waals surface area contributed by atoms with Crippen LogP contribution in [0.4, 0.5) is 0 Å². The van der Waals surface area contributed by atoms with Crippen molar-refractivity contribution in [3.8, 4) is 5.75 Å². The fourth-order valence-corrected chi connectivity index (χ4v) is 3.48. The normalized spacial score (nSPS) is 11.6. The Labute approximate surface area is 186 Å². The number of ether oxygens (including phenoxy) is 1. The molecule has 5 nitrogen and oxygen atoms in total. The Morgan fingerprint density at radius 2 is 1.77 bits per heavy atom. The number of aryl methyl sites for hydroxylation is 2. The van der Waals surface area contributed by atoms with Crippen LogP contribution < -0.4 is 10.1 Å². The summed E-state index contributed by atoms with van der Waals surface area (Å²) in [6.07, 6.45) is 3.42. The van der Waals surface area contributed by atoms with E-state index < -0.39 is 6.04 Å². The third kappa shape index (κ3) is 7.74. The maximum atomic E-state index is 13.2. The largest absolute Gasteiger partial charge is 0.484 e. The fourth-order valence-electron chi connectivity index (χ4n) is 3.48. The summed E-state index contributed by atoms with van der Waals surface area (Å²) in [5.74, 6) is 0.351. The van der Waals surface area contributed by atoms with Gasteiger partial charge in [-0.25, -0.2) is 0 Å². The number of amides is 2. The molecule has 0 aliphatic carbocycles. The lowest BCUT2D eigenvalue weighted by Crippen LogP contribution is -2.50. The van der Waals surface area contributed by atoms with Crippen LogP contribution in [0.5, 0.6) is 5.75 Å². The van der Waals surface area contributed by atoms with Gasteiger partial charge in [0.25, 0.3) is 5.91 Å². The first kappa shape index (κ1) is 24.4. The summed E-state index contributed by atoms with van der Waals surface area (Å²) < 4.78 is 5.76. The minimum absolute atomic E-state index is 0.101. The van der Waals surface area contributed by atoms with Crippen molar-refractivity contribution in [2.45, 2.75) is 66.0 Å². The van der Waals surface area contributed by atoms with Crippen molar-refractivity contribution in [1.82, 2.24) is 10.2 Å². The van der Waals surface area contributed by atoms with Crippen LogP contribution in [-0.2, 0) is 22.6 Å². The van der Waals surface area contributed by atoms with E-state index in [0.717, 1.165) is 30.4 Å². The van der Waals surface area contributed by atoms with Crippen molar-refractivity contribution in [2.75, 3.05) is 13.2 Å². The van der Waals surface area contributed by atoms with Crippen LogP contribution in [0.3, 0.4) is 0 Å². The molecule has 0 aliphatic heterocycles. The monoisotopic (exact) mass is 424 g/mol. The molecular weight excluding hydrogens is 388 g/mol. The maximum absolute atomic E-state index is 13.2. The number of hydrogen-bond acceptors (Lipinski definition) is 3. The van der Waals surface area contributed by atoms with E-state index in [-0.39, 0.29) is 18.4 Å². The van der Waals surface area contributed by atoms with Crippen LogP contribution in [0.2, 0.25) is 0 Å². The molecule has 0 fully saturated rings. The number of nitrogens with one attached hydrogen (secondary N) is 1. The molecule has 0 bridgehead atoms. The zero-order valence-electron chi connectivity index (χ0n) is 19.3. The Kier molecular flexibility index (Phi) is 10.1. The molecule has 0 heterocycles. The van der Waals surface area contributed by atoms with E-state index >= 15 is 0 Å². The third-order valence-corrected chi connectivity index (χ3v) is 5.34. The molecule has 2 aromatic rings. The Morgan fingerprint density at radius 1 is 1.03 bits per heavy atom. The van der Waals surface area contributed by atoms with Gasteiger partial charge in [-0.1, -0.05) is 69.2 Å². The van der Waals surface area contributed by atoms with Gasteiger partial charge in [0.1, 0.15) is 11.8 Å². The van der Waals surface area contributed by atoms with Crippen LogP contribution >= 0.6 is 0 Å². The van der Waals surface area contributed by atoms with E-state index in [4.69, 9.17) is 4.74 Å². The second-order valence-corrected chi connectivity index (χ2v) is 7.87. The van der Waals surface area contributed by atoms with Gasteiger partial charge in [-0.3, -0.25) is 9.59 Å². The Morgan fingerprint density at radius 3 is 2.39 bits per heavy atom. The summed E-state index contributed by atoms with van der Waals surface area (Å²) in [4.78, 5) is 27.7. The number of nitrogens with zero attached hydrogens (tertiary/aromatic N) is 1. The quantitative estimate of drug-likeness (QED) is 0.504.